The lowest BCUT2D eigenvalue weighted by molar-refractivity contribution is 0.0596. The molecule has 4 aromatic rings. The molecule has 0 spiro atoms. The number of hydrogen-bond donors (Lipinski definition) is 0. The van der Waals surface area contributed by atoms with Crippen LogP contribution >= 0.6 is 0 Å². The van der Waals surface area contributed by atoms with Crippen molar-refractivity contribution in [2.75, 3.05) is 52.4 Å². The van der Waals surface area contributed by atoms with Gasteiger partial charge in [-0.3, -0.25) is 58.0 Å². The number of imide groups is 4. The Balaban J connectivity index is 0.000000181. The predicted molar refractivity (Wildman–Crippen MR) is 227 cm³/mol. The van der Waals surface area contributed by atoms with Gasteiger partial charge >= 0.3 is 0 Å². The molecule has 0 N–H and O–H groups in total. The first-order valence-electron chi connectivity index (χ1n) is 17.8. The van der Waals surface area contributed by atoms with E-state index in [0.717, 1.165) is 19.6 Å². The van der Waals surface area contributed by atoms with Crippen molar-refractivity contribution in [3.8, 4) is 21.6 Å². The smallest absolute Gasteiger partial charge is 0.279 e. The Morgan fingerprint density at radius 1 is 0.317 bits per heavy atom. The van der Waals surface area contributed by atoms with Gasteiger partial charge in [0.15, 0.2) is 0 Å². The topological polar surface area (TPSA) is 167 Å². The summed E-state index contributed by atoms with van der Waals surface area (Å²) >= 11 is 18.1. The van der Waals surface area contributed by atoms with E-state index in [4.69, 9.17) is 0 Å². The Morgan fingerprint density at radius 2 is 0.467 bits per heavy atom. The van der Waals surface area contributed by atoms with E-state index in [1.807, 2.05) is 0 Å². The van der Waals surface area contributed by atoms with E-state index in [0.29, 0.717) is 21.5 Å². The summed E-state index contributed by atoms with van der Waals surface area (Å²) < 4.78 is 0. The van der Waals surface area contributed by atoms with E-state index in [-0.39, 0.29) is 96.9 Å². The van der Waals surface area contributed by atoms with Gasteiger partial charge in [-0.1, -0.05) is 0 Å². The van der Waals surface area contributed by atoms with E-state index in [9.17, 15) is 38.4 Å². The number of hydrogen-bond acceptors (Lipinski definition) is 12. The van der Waals surface area contributed by atoms with E-state index in [1.165, 1.54) is 48.5 Å². The van der Waals surface area contributed by atoms with Crippen LogP contribution in [0.25, 0.3) is 40.9 Å². The standard InChI is InChI=1S/2C20H12N4O4S2/c2*25-17-11-1-2-12-16-14(20(28)24(18(12)26)8-6-22-10-30)4-3-13(15(11)16)19(27)23(17)7-5-21-9-29/h2*1-4H,5-8H2. The van der Waals surface area contributed by atoms with Gasteiger partial charge in [0.05, 0.1) is 0 Å². The third-order valence-electron chi connectivity index (χ3n) is 10.1. The van der Waals surface area contributed by atoms with Crippen LogP contribution < -0.4 is 0 Å². The van der Waals surface area contributed by atoms with Crippen LogP contribution in [-0.2, 0) is 50.5 Å². The Hall–Kier alpha value is -7.20. The van der Waals surface area contributed by atoms with E-state index < -0.39 is 47.3 Å². The van der Waals surface area contributed by atoms with Crippen LogP contribution in [0.15, 0.2) is 48.5 Å². The molecular weight excluding hydrogens is 849 g/mol. The molecule has 8 amide bonds. The van der Waals surface area contributed by atoms with E-state index >= 15 is 0 Å². The Labute approximate surface area is 361 Å². The normalized spacial score (nSPS) is 14.4. The van der Waals surface area contributed by atoms with Crippen LogP contribution in [0.5, 0.6) is 0 Å². The summed E-state index contributed by atoms with van der Waals surface area (Å²) in [5, 5.41) is 10.1. The summed E-state index contributed by atoms with van der Waals surface area (Å²) in [4.78, 5) is 123. The molecule has 20 heteroatoms. The average Bonchev–Trinajstić information content (AvgIpc) is 3.25. The maximum absolute atomic E-state index is 12.9. The van der Waals surface area contributed by atoms with Crippen LogP contribution in [0.2, 0.25) is 0 Å². The third kappa shape index (κ3) is 6.73. The molecule has 0 atom stereocenters. The van der Waals surface area contributed by atoms with Gasteiger partial charge in [0.2, 0.25) is 0 Å². The molecule has 0 fully saturated rings. The summed E-state index contributed by atoms with van der Waals surface area (Å²) in [5.41, 5.74) is 2.08. The van der Waals surface area contributed by atoms with Crippen molar-refractivity contribution in [3.63, 3.8) is 0 Å². The number of carbonyl (C=O) groups is 8. The van der Waals surface area contributed by atoms with Gasteiger partial charge in [-0.2, -0.15) is 0 Å². The second-order valence-electron chi connectivity index (χ2n) is 13.1. The zero-order valence-corrected chi connectivity index (χ0v) is 34.0. The molecule has 0 bridgehead atoms. The van der Waals surface area contributed by atoms with Gasteiger partial charge in [0.25, 0.3) is 73.4 Å². The molecule has 4 aromatic carbocycles. The molecule has 8 rings (SSSR count). The Bertz CT molecular complexity index is 2430. The molecule has 0 radical (unpaired) electrons. The first-order chi connectivity index (χ1) is 29.0. The Kier molecular flexibility index (Phi) is 11.6. The zero-order valence-electron chi connectivity index (χ0n) is 30.8. The van der Waals surface area contributed by atoms with Crippen molar-refractivity contribution < 1.29 is 38.4 Å². The molecule has 0 saturated heterocycles. The minimum Gasteiger partial charge on any atom is -0.643 e. The lowest BCUT2D eigenvalue weighted by Gasteiger charge is -2.30. The van der Waals surface area contributed by atoms with Crippen molar-refractivity contribution in [2.24, 2.45) is 0 Å². The highest BCUT2D eigenvalue weighted by atomic mass is 32.1. The van der Waals surface area contributed by atoms with Crippen LogP contribution in [-0.4, -0.2) is 119 Å². The van der Waals surface area contributed by atoms with Gasteiger partial charge < -0.3 is 50.5 Å². The summed E-state index contributed by atoms with van der Waals surface area (Å²) in [6.07, 6.45) is 0. The summed E-state index contributed by atoms with van der Waals surface area (Å²) in [7, 11) is 0. The monoisotopic (exact) mass is 872 g/mol. The maximum atomic E-state index is 12.9. The highest BCUT2D eigenvalue weighted by Crippen LogP contribution is 2.39. The van der Waals surface area contributed by atoms with E-state index in [2.05, 4.69) is 91.5 Å². The third-order valence-corrected chi connectivity index (χ3v) is 10.6. The Morgan fingerprint density at radius 3 is 0.600 bits per heavy atom. The van der Waals surface area contributed by atoms with Crippen LogP contribution in [0, 0.1) is 21.6 Å². The van der Waals surface area contributed by atoms with E-state index in [1.54, 1.807) is 0 Å². The summed E-state index contributed by atoms with van der Waals surface area (Å²) in [6.45, 7) is 0.792. The lowest BCUT2D eigenvalue weighted by atomic mass is 9.86. The zero-order chi connectivity index (χ0) is 42.8. The number of thiocyanates is 4. The molecule has 0 saturated carbocycles. The lowest BCUT2D eigenvalue weighted by Crippen LogP contribution is -2.44. The second kappa shape index (κ2) is 17.0. The second-order valence-corrected chi connectivity index (χ2v) is 13.8. The van der Waals surface area contributed by atoms with Gasteiger partial charge in [-0.15, -0.1) is 19.4 Å². The first kappa shape index (κ1) is 41.0. The summed E-state index contributed by atoms with van der Waals surface area (Å²) in [6, 6.07) is 12.1. The minimum atomic E-state index is -0.506. The number of carbonyl (C=O) groups excluding carboxylic acids is 8. The molecule has 296 valence electrons. The molecule has 4 aliphatic heterocycles. The molecule has 0 aliphatic carbocycles. The van der Waals surface area contributed by atoms with Crippen LogP contribution in [0.3, 0.4) is 0 Å². The predicted octanol–water partition coefficient (Wildman–Crippen LogP) is 3.41. The molecular formula is C40H24N8O8S4. The molecule has 4 aliphatic rings. The quantitative estimate of drug-likeness (QED) is 0.144. The fraction of sp³-hybridized carbons (Fsp3) is 0.200. The van der Waals surface area contributed by atoms with Crippen LogP contribution in [0.4, 0.5) is 0 Å². The van der Waals surface area contributed by atoms with Crippen molar-refractivity contribution in [2.45, 2.75) is 0 Å². The van der Waals surface area contributed by atoms with Gasteiger partial charge in [-0.25, -0.2) is 0 Å². The summed E-state index contributed by atoms with van der Waals surface area (Å²) in [5.74, 6) is -4.05. The number of benzene rings is 4. The molecule has 16 nitrogen and oxygen atoms in total. The molecule has 0 unspecified atom stereocenters. The molecule has 4 heterocycles. The van der Waals surface area contributed by atoms with Crippen molar-refractivity contribution in [1.82, 2.24) is 19.6 Å². The fourth-order valence-corrected chi connectivity index (χ4v) is 7.91. The van der Waals surface area contributed by atoms with Gasteiger partial charge in [-0.05, 0) is 48.5 Å². The fourth-order valence-electron chi connectivity index (χ4n) is 7.54. The largest absolute Gasteiger partial charge is 0.643 e. The highest BCUT2D eigenvalue weighted by Gasteiger charge is 2.42. The maximum Gasteiger partial charge on any atom is 0.279 e. The average molecular weight is 873 g/mol. The van der Waals surface area contributed by atoms with Crippen molar-refractivity contribution >= 4 is 119 Å². The molecule has 0 aromatic heterocycles. The first-order valence-corrected chi connectivity index (χ1v) is 19.4. The van der Waals surface area contributed by atoms with Crippen LogP contribution in [0.1, 0.15) is 82.9 Å². The minimum absolute atomic E-state index is 0.0533. The van der Waals surface area contributed by atoms with Crippen molar-refractivity contribution in [1.29, 1.82) is 0 Å². The SMILES string of the molecule is O=C1c2ccc3c4c(ccc(c24)C(=O)N1CC[N+]#C[S-])C(=O)N(CC[N+]#C[S-])C3=O.O=C1c2ccc3c4c(ccc(c24)C(=O)N1CC[N+]#C[S-])C(=O)N(CC[N+]#C[S-])C3=O. The highest BCUT2D eigenvalue weighted by molar-refractivity contribution is 7.64. The number of amides is 8. The number of rotatable bonds is 8. The molecule has 60 heavy (non-hydrogen) atoms. The van der Waals surface area contributed by atoms with Gasteiger partial charge in [0.1, 0.15) is 47.8 Å². The van der Waals surface area contributed by atoms with Gasteiger partial charge in [0, 0.05) is 66.1 Å². The van der Waals surface area contributed by atoms with Crippen molar-refractivity contribution in [3.05, 3.63) is 112 Å². The number of nitrogens with zero attached hydrogens (tertiary/aromatic N) is 8.